The molecule has 1 fully saturated rings. The SMILES string of the molecule is COc1cc(/C=C2\C(=O)NC(=O)N(c3ccc(O)cc3)C2=O)cc(Cl)c1Cc1ccccc1F. The van der Waals surface area contributed by atoms with Crippen molar-refractivity contribution in [3.63, 3.8) is 0 Å². The number of rotatable bonds is 5. The molecule has 1 aliphatic heterocycles. The fourth-order valence-corrected chi connectivity index (χ4v) is 3.85. The van der Waals surface area contributed by atoms with E-state index in [4.69, 9.17) is 16.3 Å². The first-order valence-corrected chi connectivity index (χ1v) is 10.5. The largest absolute Gasteiger partial charge is 0.508 e. The maximum atomic E-state index is 14.1. The molecule has 9 heteroatoms. The van der Waals surface area contributed by atoms with E-state index in [2.05, 4.69) is 5.32 Å². The molecule has 1 saturated heterocycles. The number of amides is 4. The van der Waals surface area contributed by atoms with Crippen molar-refractivity contribution in [1.29, 1.82) is 0 Å². The van der Waals surface area contributed by atoms with Gasteiger partial charge in [-0.3, -0.25) is 14.9 Å². The molecule has 3 aromatic carbocycles. The van der Waals surface area contributed by atoms with E-state index >= 15 is 0 Å². The van der Waals surface area contributed by atoms with E-state index in [9.17, 15) is 23.9 Å². The average Bonchev–Trinajstić information content (AvgIpc) is 2.80. The molecule has 0 aliphatic carbocycles. The molecular formula is C25H18ClFN2O5. The third kappa shape index (κ3) is 4.49. The number of carbonyl (C=O) groups is 3. The second kappa shape index (κ2) is 9.36. The van der Waals surface area contributed by atoms with Crippen molar-refractivity contribution in [3.05, 3.63) is 93.8 Å². The summed E-state index contributed by atoms with van der Waals surface area (Å²) in [4.78, 5) is 38.6. The van der Waals surface area contributed by atoms with Gasteiger partial charge >= 0.3 is 6.03 Å². The van der Waals surface area contributed by atoms with Crippen molar-refractivity contribution in [3.8, 4) is 11.5 Å². The van der Waals surface area contributed by atoms with Crippen LogP contribution in [0.2, 0.25) is 5.02 Å². The highest BCUT2D eigenvalue weighted by Crippen LogP contribution is 2.33. The summed E-state index contributed by atoms with van der Waals surface area (Å²) in [7, 11) is 1.43. The summed E-state index contributed by atoms with van der Waals surface area (Å²) in [6.07, 6.45) is 1.47. The number of halogens is 2. The molecule has 34 heavy (non-hydrogen) atoms. The zero-order valence-electron chi connectivity index (χ0n) is 17.8. The van der Waals surface area contributed by atoms with Gasteiger partial charge in [0, 0.05) is 17.0 Å². The smallest absolute Gasteiger partial charge is 0.335 e. The number of methoxy groups -OCH3 is 1. The van der Waals surface area contributed by atoms with Crippen LogP contribution in [0.3, 0.4) is 0 Å². The Labute approximate surface area is 199 Å². The maximum absolute atomic E-state index is 14.1. The number of anilines is 1. The topological polar surface area (TPSA) is 95.9 Å². The monoisotopic (exact) mass is 480 g/mol. The second-order valence-electron chi connectivity index (χ2n) is 7.43. The van der Waals surface area contributed by atoms with Crippen molar-refractivity contribution in [2.45, 2.75) is 6.42 Å². The number of nitrogens with one attached hydrogen (secondary N) is 1. The van der Waals surface area contributed by atoms with Crippen molar-refractivity contribution in [1.82, 2.24) is 5.32 Å². The van der Waals surface area contributed by atoms with Crippen LogP contribution in [0.4, 0.5) is 14.9 Å². The van der Waals surface area contributed by atoms with Gasteiger partial charge in [0.15, 0.2) is 0 Å². The van der Waals surface area contributed by atoms with Gasteiger partial charge in [-0.05, 0) is 59.7 Å². The van der Waals surface area contributed by atoms with E-state index in [1.807, 2.05) is 0 Å². The van der Waals surface area contributed by atoms with Gasteiger partial charge in [0.1, 0.15) is 22.9 Å². The number of urea groups is 1. The van der Waals surface area contributed by atoms with E-state index in [0.717, 1.165) is 4.90 Å². The van der Waals surface area contributed by atoms with Crippen LogP contribution in [0.25, 0.3) is 6.08 Å². The molecule has 0 spiro atoms. The molecule has 1 heterocycles. The number of imide groups is 2. The number of carbonyl (C=O) groups excluding carboxylic acids is 3. The Hall–Kier alpha value is -4.17. The summed E-state index contributed by atoms with van der Waals surface area (Å²) < 4.78 is 19.6. The first-order chi connectivity index (χ1) is 16.3. The number of hydrogen-bond acceptors (Lipinski definition) is 5. The molecule has 2 N–H and O–H groups in total. The molecule has 0 radical (unpaired) electrons. The van der Waals surface area contributed by atoms with Crippen molar-refractivity contribution >= 4 is 41.2 Å². The van der Waals surface area contributed by atoms with Gasteiger partial charge in [0.2, 0.25) is 0 Å². The molecular weight excluding hydrogens is 463 g/mol. The van der Waals surface area contributed by atoms with E-state index in [-0.39, 0.29) is 34.3 Å². The van der Waals surface area contributed by atoms with Crippen LogP contribution in [-0.2, 0) is 16.0 Å². The quantitative estimate of drug-likeness (QED) is 0.415. The van der Waals surface area contributed by atoms with Gasteiger partial charge < -0.3 is 9.84 Å². The van der Waals surface area contributed by atoms with Gasteiger partial charge in [-0.2, -0.15) is 0 Å². The standard InChI is InChI=1S/C25H18ClFN2O5/c1-34-22-12-14(11-20(26)18(22)13-15-4-2-3-5-21(15)27)10-19-23(31)28-25(33)29(24(19)32)16-6-8-17(30)9-7-16/h2-12,30H,13H2,1H3,(H,28,31,33)/b19-10+. The second-order valence-corrected chi connectivity index (χ2v) is 7.83. The fraction of sp³-hybridized carbons (Fsp3) is 0.0800. The molecule has 0 unspecified atom stereocenters. The zero-order valence-corrected chi connectivity index (χ0v) is 18.6. The zero-order chi connectivity index (χ0) is 24.4. The Morgan fingerprint density at radius 3 is 2.47 bits per heavy atom. The first kappa shape index (κ1) is 23.0. The van der Waals surface area contributed by atoms with E-state index < -0.39 is 17.8 Å². The van der Waals surface area contributed by atoms with E-state index in [0.29, 0.717) is 22.4 Å². The number of barbiturate groups is 1. The lowest BCUT2D eigenvalue weighted by molar-refractivity contribution is -0.122. The Morgan fingerprint density at radius 2 is 1.79 bits per heavy atom. The molecule has 172 valence electrons. The maximum Gasteiger partial charge on any atom is 0.335 e. The molecule has 0 atom stereocenters. The highest BCUT2D eigenvalue weighted by Gasteiger charge is 2.36. The van der Waals surface area contributed by atoms with Gasteiger partial charge in [-0.1, -0.05) is 29.8 Å². The Kier molecular flexibility index (Phi) is 6.34. The molecule has 4 rings (SSSR count). The molecule has 7 nitrogen and oxygen atoms in total. The lowest BCUT2D eigenvalue weighted by Crippen LogP contribution is -2.54. The molecule has 0 bridgehead atoms. The summed E-state index contributed by atoms with van der Waals surface area (Å²) in [6.45, 7) is 0. The number of hydrogen-bond donors (Lipinski definition) is 2. The minimum atomic E-state index is -0.909. The van der Waals surface area contributed by atoms with Crippen molar-refractivity contribution in [2.24, 2.45) is 0 Å². The van der Waals surface area contributed by atoms with Gasteiger partial charge in [-0.25, -0.2) is 14.1 Å². The third-order valence-electron chi connectivity index (χ3n) is 5.24. The number of phenols is 1. The molecule has 4 amide bonds. The Bertz CT molecular complexity index is 1340. The van der Waals surface area contributed by atoms with Crippen LogP contribution in [0.5, 0.6) is 11.5 Å². The third-order valence-corrected chi connectivity index (χ3v) is 5.58. The van der Waals surface area contributed by atoms with Crippen molar-refractivity contribution in [2.75, 3.05) is 12.0 Å². The van der Waals surface area contributed by atoms with Gasteiger partial charge in [0.25, 0.3) is 11.8 Å². The number of aromatic hydroxyl groups is 1. The normalized spacial score (nSPS) is 15.0. The van der Waals surface area contributed by atoms with Crippen molar-refractivity contribution < 1.29 is 28.6 Å². The molecule has 0 aromatic heterocycles. The number of phenolic OH excluding ortho intramolecular Hbond substituents is 1. The summed E-state index contributed by atoms with van der Waals surface area (Å²) >= 11 is 6.46. The van der Waals surface area contributed by atoms with Crippen LogP contribution in [0, 0.1) is 5.82 Å². The van der Waals surface area contributed by atoms with Crippen LogP contribution in [-0.4, -0.2) is 30.1 Å². The molecule has 0 saturated carbocycles. The number of benzene rings is 3. The average molecular weight is 481 g/mol. The van der Waals surface area contributed by atoms with Crippen LogP contribution in [0.15, 0.2) is 66.2 Å². The number of ether oxygens (including phenoxy) is 1. The van der Waals surface area contributed by atoms with Gasteiger partial charge in [0.05, 0.1) is 12.8 Å². The van der Waals surface area contributed by atoms with Crippen LogP contribution in [0.1, 0.15) is 16.7 Å². The highest BCUT2D eigenvalue weighted by atomic mass is 35.5. The Morgan fingerprint density at radius 1 is 1.09 bits per heavy atom. The Balaban J connectivity index is 1.71. The fourth-order valence-electron chi connectivity index (χ4n) is 3.56. The molecule has 3 aromatic rings. The predicted octanol–water partition coefficient (Wildman–Crippen LogP) is 4.45. The predicted molar refractivity (Wildman–Crippen MR) is 124 cm³/mol. The van der Waals surface area contributed by atoms with E-state index in [1.165, 1.54) is 49.6 Å². The summed E-state index contributed by atoms with van der Waals surface area (Å²) in [5.41, 5.74) is 1.22. The lowest BCUT2D eigenvalue weighted by Gasteiger charge is -2.26. The van der Waals surface area contributed by atoms with Gasteiger partial charge in [-0.15, -0.1) is 0 Å². The molecule has 1 aliphatic rings. The lowest BCUT2D eigenvalue weighted by atomic mass is 10.00. The van der Waals surface area contributed by atoms with E-state index in [1.54, 1.807) is 24.3 Å². The highest BCUT2D eigenvalue weighted by molar-refractivity contribution is 6.39. The minimum Gasteiger partial charge on any atom is -0.508 e. The minimum absolute atomic E-state index is 0.0438. The van der Waals surface area contributed by atoms with Crippen LogP contribution >= 0.6 is 11.6 Å². The van der Waals surface area contributed by atoms with Crippen LogP contribution < -0.4 is 15.0 Å². The first-order valence-electron chi connectivity index (χ1n) is 10.1. The summed E-state index contributed by atoms with van der Waals surface area (Å²) in [6, 6.07) is 13.8. The summed E-state index contributed by atoms with van der Waals surface area (Å²) in [5.74, 6) is -1.79. The summed E-state index contributed by atoms with van der Waals surface area (Å²) in [5, 5.41) is 11.8. The number of nitrogens with zero attached hydrogens (tertiary/aromatic N) is 1.